The first-order valence-corrected chi connectivity index (χ1v) is 5.39. The number of carbonyl (C=O) groups excluding carboxylic acids is 1. The van der Waals surface area contributed by atoms with Crippen molar-refractivity contribution >= 4 is 11.7 Å². The van der Waals surface area contributed by atoms with Crippen LogP contribution in [0.15, 0.2) is 18.2 Å². The molecule has 0 aliphatic rings. The number of nitrogens with two attached hydrogens (primary N) is 1. The van der Waals surface area contributed by atoms with E-state index in [1.54, 1.807) is 26.8 Å². The Morgan fingerprint density at radius 1 is 1.35 bits per heavy atom. The monoisotopic (exact) mass is 231 g/mol. The highest BCUT2D eigenvalue weighted by atomic mass is 16.6. The van der Waals surface area contributed by atoms with Crippen molar-refractivity contribution in [3.05, 3.63) is 29.3 Å². The van der Waals surface area contributed by atoms with E-state index in [9.17, 15) is 4.79 Å². The minimum absolute atomic E-state index is 0.516. The van der Waals surface area contributed by atoms with Crippen molar-refractivity contribution in [2.24, 2.45) is 0 Å². The number of carbonyl (C=O) groups is 1. The fourth-order valence-corrected chi connectivity index (χ4v) is 1.15. The summed E-state index contributed by atoms with van der Waals surface area (Å²) in [5.74, 6) is 4.64. The molecule has 0 spiro atoms. The Morgan fingerprint density at radius 2 is 2.00 bits per heavy atom. The second-order valence-electron chi connectivity index (χ2n) is 4.82. The number of ether oxygens (including phenoxy) is 1. The van der Waals surface area contributed by atoms with Gasteiger partial charge in [-0.15, -0.1) is 0 Å². The van der Waals surface area contributed by atoms with E-state index in [4.69, 9.17) is 10.5 Å². The molecule has 0 aliphatic carbocycles. The summed E-state index contributed by atoms with van der Waals surface area (Å²) in [6.07, 6.45) is 0. The molecule has 0 heterocycles. The first-order chi connectivity index (χ1) is 7.78. The van der Waals surface area contributed by atoms with E-state index in [0.717, 1.165) is 5.56 Å². The predicted molar refractivity (Wildman–Crippen MR) is 68.3 cm³/mol. The van der Waals surface area contributed by atoms with Crippen LogP contribution in [-0.4, -0.2) is 11.6 Å². The summed E-state index contributed by atoms with van der Waals surface area (Å²) >= 11 is 0. The quantitative estimate of drug-likeness (QED) is 0.423. The Balaban J connectivity index is 2.78. The molecule has 0 amide bonds. The zero-order valence-corrected chi connectivity index (χ0v) is 10.6. The summed E-state index contributed by atoms with van der Waals surface area (Å²) in [6, 6.07) is 5.43. The van der Waals surface area contributed by atoms with Gasteiger partial charge in [0.1, 0.15) is 5.60 Å². The lowest BCUT2D eigenvalue weighted by Crippen LogP contribution is -2.22. The zero-order valence-electron chi connectivity index (χ0n) is 10.6. The molecular weight excluding hydrogens is 214 g/mol. The SMILES string of the molecule is Cc1ccc(C#CC(=O)OC(C)(C)C)cc1N. The number of rotatable bonds is 0. The molecule has 1 aromatic rings. The number of hydrogen-bond donors (Lipinski definition) is 1. The minimum Gasteiger partial charge on any atom is -0.450 e. The summed E-state index contributed by atoms with van der Waals surface area (Å²) in [4.78, 5) is 11.4. The van der Waals surface area contributed by atoms with Crippen molar-refractivity contribution in [3.63, 3.8) is 0 Å². The Morgan fingerprint density at radius 3 is 2.53 bits per heavy atom. The van der Waals surface area contributed by atoms with Crippen LogP contribution in [0.1, 0.15) is 31.9 Å². The van der Waals surface area contributed by atoms with E-state index >= 15 is 0 Å². The lowest BCUT2D eigenvalue weighted by molar-refractivity contribution is -0.147. The fraction of sp³-hybridized carbons (Fsp3) is 0.357. The molecule has 1 rings (SSSR count). The number of hydrogen-bond acceptors (Lipinski definition) is 3. The molecule has 3 nitrogen and oxygen atoms in total. The molecule has 1 aromatic carbocycles. The Hall–Kier alpha value is -1.95. The Labute approximate surface area is 102 Å². The highest BCUT2D eigenvalue weighted by molar-refractivity contribution is 5.89. The average molecular weight is 231 g/mol. The first-order valence-electron chi connectivity index (χ1n) is 5.39. The molecule has 0 radical (unpaired) electrons. The van der Waals surface area contributed by atoms with Gasteiger partial charge in [0.2, 0.25) is 0 Å². The van der Waals surface area contributed by atoms with E-state index in [1.807, 2.05) is 19.1 Å². The van der Waals surface area contributed by atoms with Gasteiger partial charge < -0.3 is 10.5 Å². The first kappa shape index (κ1) is 13.1. The molecule has 17 heavy (non-hydrogen) atoms. The molecule has 0 atom stereocenters. The fourth-order valence-electron chi connectivity index (χ4n) is 1.15. The largest absolute Gasteiger partial charge is 0.450 e. The third-order valence-corrected chi connectivity index (χ3v) is 1.99. The van der Waals surface area contributed by atoms with Gasteiger partial charge in [-0.05, 0) is 45.4 Å². The van der Waals surface area contributed by atoms with Crippen LogP contribution in [0, 0.1) is 18.8 Å². The maximum absolute atomic E-state index is 11.4. The van der Waals surface area contributed by atoms with Crippen LogP contribution in [0.4, 0.5) is 5.69 Å². The van der Waals surface area contributed by atoms with Gasteiger partial charge in [-0.3, -0.25) is 0 Å². The number of anilines is 1. The Bertz CT molecular complexity index is 487. The van der Waals surface area contributed by atoms with Gasteiger partial charge in [0.15, 0.2) is 0 Å². The third kappa shape index (κ3) is 4.60. The van der Waals surface area contributed by atoms with Crippen molar-refractivity contribution in [3.8, 4) is 11.8 Å². The highest BCUT2D eigenvalue weighted by Crippen LogP contribution is 2.12. The number of benzene rings is 1. The highest BCUT2D eigenvalue weighted by Gasteiger charge is 2.14. The van der Waals surface area contributed by atoms with Gasteiger partial charge >= 0.3 is 5.97 Å². The molecule has 0 aromatic heterocycles. The van der Waals surface area contributed by atoms with Crippen LogP contribution in [0.3, 0.4) is 0 Å². The van der Waals surface area contributed by atoms with Gasteiger partial charge in [-0.2, -0.15) is 0 Å². The van der Waals surface area contributed by atoms with Crippen molar-refractivity contribution < 1.29 is 9.53 Å². The number of aryl methyl sites for hydroxylation is 1. The maximum Gasteiger partial charge on any atom is 0.385 e. The van der Waals surface area contributed by atoms with E-state index in [1.165, 1.54) is 0 Å². The Kier molecular flexibility index (Phi) is 3.80. The molecule has 0 unspecified atom stereocenters. The lowest BCUT2D eigenvalue weighted by Gasteiger charge is -2.16. The van der Waals surface area contributed by atoms with Crippen molar-refractivity contribution in [1.29, 1.82) is 0 Å². The average Bonchev–Trinajstić information content (AvgIpc) is 2.17. The van der Waals surface area contributed by atoms with Crippen LogP contribution in [0.25, 0.3) is 0 Å². The van der Waals surface area contributed by atoms with Gasteiger partial charge in [0.05, 0.1) is 0 Å². The topological polar surface area (TPSA) is 52.3 Å². The standard InChI is InChI=1S/C14H17NO2/c1-10-5-6-11(9-12(10)15)7-8-13(16)17-14(2,3)4/h5-6,9H,15H2,1-4H3. The lowest BCUT2D eigenvalue weighted by atomic mass is 10.1. The summed E-state index contributed by atoms with van der Waals surface area (Å²) in [5.41, 5.74) is 7.60. The molecule has 0 aliphatic heterocycles. The van der Waals surface area contributed by atoms with E-state index in [2.05, 4.69) is 11.8 Å². The van der Waals surface area contributed by atoms with Crippen LogP contribution in [0.5, 0.6) is 0 Å². The second-order valence-corrected chi connectivity index (χ2v) is 4.82. The van der Waals surface area contributed by atoms with E-state index in [0.29, 0.717) is 11.3 Å². The summed E-state index contributed by atoms with van der Waals surface area (Å²) in [5, 5.41) is 0. The molecule has 0 bridgehead atoms. The van der Waals surface area contributed by atoms with Crippen LogP contribution < -0.4 is 5.73 Å². The summed E-state index contributed by atoms with van der Waals surface area (Å²) < 4.78 is 5.07. The minimum atomic E-state index is -0.531. The zero-order chi connectivity index (χ0) is 13.1. The van der Waals surface area contributed by atoms with Crippen molar-refractivity contribution in [1.82, 2.24) is 0 Å². The molecule has 90 valence electrons. The van der Waals surface area contributed by atoms with Gasteiger partial charge in [-0.1, -0.05) is 12.0 Å². The summed E-state index contributed by atoms with van der Waals surface area (Å²) in [7, 11) is 0. The van der Waals surface area contributed by atoms with Gasteiger partial charge in [-0.25, -0.2) is 4.79 Å². The smallest absolute Gasteiger partial charge is 0.385 e. The van der Waals surface area contributed by atoms with Gasteiger partial charge in [0, 0.05) is 17.2 Å². The van der Waals surface area contributed by atoms with E-state index < -0.39 is 11.6 Å². The van der Waals surface area contributed by atoms with Crippen LogP contribution in [-0.2, 0) is 9.53 Å². The van der Waals surface area contributed by atoms with Crippen LogP contribution >= 0.6 is 0 Å². The predicted octanol–water partition coefficient (Wildman–Crippen LogP) is 2.27. The molecule has 0 saturated heterocycles. The van der Waals surface area contributed by atoms with Crippen molar-refractivity contribution in [2.45, 2.75) is 33.3 Å². The van der Waals surface area contributed by atoms with Gasteiger partial charge in [0.25, 0.3) is 0 Å². The second kappa shape index (κ2) is 4.92. The maximum atomic E-state index is 11.4. The van der Waals surface area contributed by atoms with Crippen molar-refractivity contribution in [2.75, 3.05) is 5.73 Å². The summed E-state index contributed by atoms with van der Waals surface area (Å²) in [6.45, 7) is 7.32. The van der Waals surface area contributed by atoms with E-state index in [-0.39, 0.29) is 0 Å². The number of esters is 1. The molecule has 0 saturated carbocycles. The molecular formula is C14H17NO2. The molecule has 2 N–H and O–H groups in total. The number of nitrogen functional groups attached to an aromatic ring is 1. The third-order valence-electron chi connectivity index (χ3n) is 1.99. The normalized spacial score (nSPS) is 10.4. The molecule has 3 heteroatoms. The van der Waals surface area contributed by atoms with Crippen LogP contribution in [0.2, 0.25) is 0 Å². The molecule has 0 fully saturated rings.